The summed E-state index contributed by atoms with van der Waals surface area (Å²) < 4.78 is 35.8. The molecule has 31 heavy (non-hydrogen) atoms. The van der Waals surface area contributed by atoms with E-state index in [1.165, 1.54) is 30.3 Å². The Labute approximate surface area is 176 Å². The minimum absolute atomic E-state index is 0.0859. The molecule has 1 aliphatic heterocycles. The summed E-state index contributed by atoms with van der Waals surface area (Å²) in [7, 11) is 0. The van der Waals surface area contributed by atoms with Crippen LogP contribution in [0.4, 0.5) is 14.5 Å². The van der Waals surface area contributed by atoms with Crippen molar-refractivity contribution in [3.63, 3.8) is 0 Å². The van der Waals surface area contributed by atoms with Gasteiger partial charge in [-0.1, -0.05) is 6.42 Å². The molecule has 0 saturated heterocycles. The lowest BCUT2D eigenvalue weighted by atomic mass is 10.1. The number of rotatable bonds is 3. The summed E-state index contributed by atoms with van der Waals surface area (Å²) >= 11 is 0. The Kier molecular flexibility index (Phi) is 4.77. The van der Waals surface area contributed by atoms with Gasteiger partial charge in [0.05, 0.1) is 5.56 Å². The first-order chi connectivity index (χ1) is 15.0. The molecule has 0 fully saturated rings. The Morgan fingerprint density at radius 2 is 1.97 bits per heavy atom. The molecule has 5 rings (SSSR count). The highest BCUT2D eigenvalue weighted by molar-refractivity contribution is 6.06. The average molecular weight is 422 g/mol. The summed E-state index contributed by atoms with van der Waals surface area (Å²) in [5.74, 6) is 0.0636. The van der Waals surface area contributed by atoms with E-state index in [0.717, 1.165) is 38.1 Å². The van der Waals surface area contributed by atoms with Gasteiger partial charge in [0.25, 0.3) is 5.91 Å². The van der Waals surface area contributed by atoms with E-state index in [-0.39, 0.29) is 11.3 Å². The van der Waals surface area contributed by atoms with Crippen LogP contribution in [0.25, 0.3) is 22.4 Å². The molecule has 0 saturated carbocycles. The number of carbonyl (C=O) groups is 1. The highest BCUT2D eigenvalue weighted by Crippen LogP contribution is 2.29. The number of anilines is 1. The molecule has 4 aromatic rings. The highest BCUT2D eigenvalue weighted by Gasteiger charge is 2.21. The zero-order chi connectivity index (χ0) is 21.5. The van der Waals surface area contributed by atoms with Crippen molar-refractivity contribution < 1.29 is 18.0 Å². The monoisotopic (exact) mass is 422 g/mol. The molecule has 1 N–H and O–H groups in total. The number of amides is 1. The molecule has 8 heteroatoms. The molecule has 3 heterocycles. The largest absolute Gasteiger partial charge is 0.451 e. The molecule has 1 amide bonds. The number of aromatic nitrogens is 3. The van der Waals surface area contributed by atoms with Crippen molar-refractivity contribution in [3.8, 4) is 11.4 Å². The number of nitrogens with zero attached hydrogens (tertiary/aromatic N) is 3. The fourth-order valence-corrected chi connectivity index (χ4v) is 4.06. The first-order valence-corrected chi connectivity index (χ1v) is 10.2. The third kappa shape index (κ3) is 3.48. The van der Waals surface area contributed by atoms with Crippen LogP contribution in [0.15, 0.2) is 40.8 Å². The van der Waals surface area contributed by atoms with Crippen LogP contribution in [-0.2, 0) is 13.0 Å². The van der Waals surface area contributed by atoms with Crippen LogP contribution in [0.1, 0.15) is 41.2 Å². The summed E-state index contributed by atoms with van der Waals surface area (Å²) in [5.41, 5.74) is 1.65. The van der Waals surface area contributed by atoms with Crippen LogP contribution in [0, 0.1) is 18.6 Å². The van der Waals surface area contributed by atoms with Gasteiger partial charge in [0.1, 0.15) is 23.0 Å². The fourth-order valence-electron chi connectivity index (χ4n) is 4.06. The van der Waals surface area contributed by atoms with Crippen molar-refractivity contribution in [1.29, 1.82) is 0 Å². The number of halogens is 2. The minimum Gasteiger partial charge on any atom is -0.451 e. The number of hydrogen-bond donors (Lipinski definition) is 1. The maximum atomic E-state index is 14.7. The molecule has 0 atom stereocenters. The van der Waals surface area contributed by atoms with E-state index in [0.29, 0.717) is 28.0 Å². The van der Waals surface area contributed by atoms with E-state index in [4.69, 9.17) is 4.42 Å². The van der Waals surface area contributed by atoms with Gasteiger partial charge in [0.15, 0.2) is 11.6 Å². The molecule has 2 aromatic carbocycles. The second-order valence-electron chi connectivity index (χ2n) is 7.75. The molecule has 0 aliphatic carbocycles. The number of carbonyl (C=O) groups excluding carboxylic acids is 1. The molecule has 1 aliphatic rings. The van der Waals surface area contributed by atoms with Gasteiger partial charge in [-0.25, -0.2) is 8.78 Å². The predicted molar refractivity (Wildman–Crippen MR) is 112 cm³/mol. The smallest absolute Gasteiger partial charge is 0.291 e. The zero-order valence-electron chi connectivity index (χ0n) is 16.9. The second kappa shape index (κ2) is 7.61. The number of fused-ring (bicyclic) bond motifs is 2. The van der Waals surface area contributed by atoms with Crippen LogP contribution in [0.3, 0.4) is 0 Å². The van der Waals surface area contributed by atoms with Crippen molar-refractivity contribution in [1.82, 2.24) is 14.8 Å². The van der Waals surface area contributed by atoms with E-state index in [2.05, 4.69) is 15.5 Å². The summed E-state index contributed by atoms with van der Waals surface area (Å²) in [6.07, 6.45) is 3.94. The fraction of sp³-hybridized carbons (Fsp3) is 0.261. The summed E-state index contributed by atoms with van der Waals surface area (Å²) in [4.78, 5) is 12.8. The van der Waals surface area contributed by atoms with Gasteiger partial charge in [0, 0.05) is 29.6 Å². The van der Waals surface area contributed by atoms with Gasteiger partial charge in [-0.2, -0.15) is 0 Å². The molecular weight excluding hydrogens is 402 g/mol. The van der Waals surface area contributed by atoms with Crippen molar-refractivity contribution in [2.75, 3.05) is 5.32 Å². The van der Waals surface area contributed by atoms with Gasteiger partial charge >= 0.3 is 0 Å². The molecule has 2 aromatic heterocycles. The van der Waals surface area contributed by atoms with E-state index in [1.807, 2.05) is 4.57 Å². The molecule has 0 spiro atoms. The normalized spacial score (nSPS) is 13.8. The van der Waals surface area contributed by atoms with Crippen LogP contribution < -0.4 is 5.32 Å². The maximum absolute atomic E-state index is 14.7. The summed E-state index contributed by atoms with van der Waals surface area (Å²) in [6, 6.07) is 8.42. The summed E-state index contributed by atoms with van der Waals surface area (Å²) in [5, 5.41) is 11.7. The van der Waals surface area contributed by atoms with E-state index >= 15 is 0 Å². The van der Waals surface area contributed by atoms with E-state index in [1.54, 1.807) is 13.0 Å². The topological polar surface area (TPSA) is 73.0 Å². The average Bonchev–Trinajstić information content (AvgIpc) is 3.21. The lowest BCUT2D eigenvalue weighted by Gasteiger charge is -2.10. The predicted octanol–water partition coefficient (Wildman–Crippen LogP) is 5.26. The maximum Gasteiger partial charge on any atom is 0.291 e. The van der Waals surface area contributed by atoms with Crippen LogP contribution in [0.2, 0.25) is 0 Å². The lowest BCUT2D eigenvalue weighted by molar-refractivity contribution is 0.0998. The first kappa shape index (κ1) is 19.4. The van der Waals surface area contributed by atoms with Gasteiger partial charge in [-0.3, -0.25) is 4.79 Å². The number of nitrogens with one attached hydrogen (secondary N) is 1. The molecule has 0 bridgehead atoms. The zero-order valence-corrected chi connectivity index (χ0v) is 16.9. The standard InChI is InChI=1S/C23H20F2N4O2/c1-13-16-11-14(24)6-9-19(16)31-21(13)23(30)26-15-7-8-18(25)17(12-15)22-28-27-20-5-3-2-4-10-29(20)22/h6-9,11-12H,2-5,10H2,1H3,(H,26,30). The van der Waals surface area contributed by atoms with Gasteiger partial charge in [0.2, 0.25) is 0 Å². The number of hydrogen-bond acceptors (Lipinski definition) is 4. The van der Waals surface area contributed by atoms with Crippen LogP contribution >= 0.6 is 0 Å². The lowest BCUT2D eigenvalue weighted by Crippen LogP contribution is -2.12. The third-order valence-corrected chi connectivity index (χ3v) is 5.68. The molecule has 0 unspecified atom stereocenters. The molecule has 158 valence electrons. The Hall–Kier alpha value is -3.55. The Morgan fingerprint density at radius 3 is 2.84 bits per heavy atom. The summed E-state index contributed by atoms with van der Waals surface area (Å²) in [6.45, 7) is 2.43. The number of benzene rings is 2. The van der Waals surface area contributed by atoms with Crippen LogP contribution in [0.5, 0.6) is 0 Å². The first-order valence-electron chi connectivity index (χ1n) is 10.2. The second-order valence-corrected chi connectivity index (χ2v) is 7.75. The number of aryl methyl sites for hydroxylation is 2. The van der Waals surface area contributed by atoms with Crippen molar-refractivity contribution in [2.24, 2.45) is 0 Å². The third-order valence-electron chi connectivity index (χ3n) is 5.68. The van der Waals surface area contributed by atoms with Crippen LogP contribution in [-0.4, -0.2) is 20.7 Å². The molecule has 6 nitrogen and oxygen atoms in total. The van der Waals surface area contributed by atoms with Crippen molar-refractivity contribution in [2.45, 2.75) is 39.2 Å². The number of furan rings is 1. The Bertz CT molecular complexity index is 1310. The van der Waals surface area contributed by atoms with E-state index < -0.39 is 17.5 Å². The van der Waals surface area contributed by atoms with Gasteiger partial charge < -0.3 is 14.3 Å². The SMILES string of the molecule is Cc1c(C(=O)Nc2ccc(F)c(-c3nnc4n3CCCCC4)c2)oc2ccc(F)cc12. The molecular formula is C23H20F2N4O2. The minimum atomic E-state index is -0.494. The van der Waals surface area contributed by atoms with Gasteiger partial charge in [-0.05, 0) is 56.2 Å². The Morgan fingerprint density at radius 1 is 1.10 bits per heavy atom. The van der Waals surface area contributed by atoms with Crippen molar-refractivity contribution in [3.05, 3.63) is 65.2 Å². The van der Waals surface area contributed by atoms with E-state index in [9.17, 15) is 13.6 Å². The van der Waals surface area contributed by atoms with Crippen molar-refractivity contribution >= 4 is 22.6 Å². The molecule has 0 radical (unpaired) electrons. The van der Waals surface area contributed by atoms with Gasteiger partial charge in [-0.15, -0.1) is 10.2 Å². The highest BCUT2D eigenvalue weighted by atomic mass is 19.1. The quantitative estimate of drug-likeness (QED) is 0.489. The Balaban J connectivity index is 1.47.